The number of aromatic nitrogens is 1. The molecule has 1 heterocycles. The molecular weight excluding hydrogens is 442 g/mol. The molecule has 7 nitrogen and oxygen atoms in total. The third-order valence-corrected chi connectivity index (χ3v) is 5.60. The number of nitrogens with zero attached hydrogens (tertiary/aromatic N) is 1. The molecular formula is C28H27N3O4. The number of para-hydroxylation sites is 1. The van der Waals surface area contributed by atoms with E-state index in [1.165, 1.54) is 7.11 Å². The Morgan fingerprint density at radius 2 is 1.46 bits per heavy atom. The summed E-state index contributed by atoms with van der Waals surface area (Å²) in [5, 5.41) is 6.62. The van der Waals surface area contributed by atoms with Crippen LogP contribution in [0.25, 0.3) is 22.2 Å². The quantitative estimate of drug-likeness (QED) is 0.353. The maximum atomic E-state index is 13.0. The summed E-state index contributed by atoms with van der Waals surface area (Å²) in [5.41, 5.74) is 3.51. The molecule has 0 aliphatic heterocycles. The van der Waals surface area contributed by atoms with Crippen molar-refractivity contribution in [3.63, 3.8) is 0 Å². The molecule has 0 fully saturated rings. The van der Waals surface area contributed by atoms with Crippen molar-refractivity contribution in [2.45, 2.75) is 6.42 Å². The molecule has 0 saturated heterocycles. The Bertz CT molecular complexity index is 1340. The number of benzene rings is 3. The lowest BCUT2D eigenvalue weighted by molar-refractivity contribution is 0.0952. The normalized spacial score (nSPS) is 10.6. The number of methoxy groups -OCH3 is 2. The maximum absolute atomic E-state index is 13.0. The van der Waals surface area contributed by atoms with Gasteiger partial charge in [-0.3, -0.25) is 9.59 Å². The number of nitrogens with one attached hydrogen (secondary N) is 2. The SMILES string of the molecule is COc1ccc(C(=O)NCCCNC(=O)c2cc(-c3ccccc3)nc3ccccc23)cc1OC. The Labute approximate surface area is 204 Å². The molecule has 0 spiro atoms. The van der Waals surface area contributed by atoms with E-state index in [2.05, 4.69) is 10.6 Å². The van der Waals surface area contributed by atoms with E-state index < -0.39 is 0 Å². The summed E-state index contributed by atoms with van der Waals surface area (Å²) in [6.07, 6.45) is 0.583. The van der Waals surface area contributed by atoms with Crippen LogP contribution in [0.2, 0.25) is 0 Å². The van der Waals surface area contributed by atoms with Gasteiger partial charge in [0.25, 0.3) is 11.8 Å². The molecule has 0 atom stereocenters. The van der Waals surface area contributed by atoms with Gasteiger partial charge in [0.1, 0.15) is 0 Å². The number of carbonyl (C=O) groups is 2. The standard InChI is InChI=1S/C28H27N3O4/c1-34-25-14-13-20(17-26(25)35-2)27(32)29-15-8-16-30-28(33)22-18-24(19-9-4-3-5-10-19)31-23-12-7-6-11-21(22)23/h3-7,9-14,17-18H,8,15-16H2,1-2H3,(H,29,32)(H,30,33). The molecule has 0 saturated carbocycles. The van der Waals surface area contributed by atoms with Crippen LogP contribution in [0.3, 0.4) is 0 Å². The number of ether oxygens (including phenoxy) is 2. The van der Waals surface area contributed by atoms with E-state index in [0.717, 1.165) is 22.2 Å². The molecule has 4 aromatic rings. The van der Waals surface area contributed by atoms with E-state index in [-0.39, 0.29) is 11.8 Å². The second kappa shape index (κ2) is 11.2. The number of amides is 2. The monoisotopic (exact) mass is 469 g/mol. The number of hydrogen-bond donors (Lipinski definition) is 2. The average molecular weight is 470 g/mol. The van der Waals surface area contributed by atoms with E-state index in [0.29, 0.717) is 42.1 Å². The van der Waals surface area contributed by atoms with Crippen molar-refractivity contribution in [3.8, 4) is 22.8 Å². The zero-order chi connectivity index (χ0) is 24.6. The highest BCUT2D eigenvalue weighted by atomic mass is 16.5. The fourth-order valence-electron chi connectivity index (χ4n) is 3.79. The van der Waals surface area contributed by atoms with Gasteiger partial charge in [0.2, 0.25) is 0 Å². The Kier molecular flexibility index (Phi) is 7.57. The summed E-state index contributed by atoms with van der Waals surface area (Å²) in [6.45, 7) is 0.835. The zero-order valence-electron chi connectivity index (χ0n) is 19.7. The van der Waals surface area contributed by atoms with Gasteiger partial charge in [0.15, 0.2) is 11.5 Å². The summed E-state index contributed by atoms with van der Waals surface area (Å²) in [7, 11) is 3.07. The molecule has 0 unspecified atom stereocenters. The number of pyridine rings is 1. The van der Waals surface area contributed by atoms with Gasteiger partial charge in [-0.2, -0.15) is 0 Å². The number of rotatable bonds is 9. The molecule has 178 valence electrons. The summed E-state index contributed by atoms with van der Waals surface area (Å²) in [4.78, 5) is 30.2. The minimum atomic E-state index is -0.218. The highest BCUT2D eigenvalue weighted by molar-refractivity contribution is 6.07. The predicted molar refractivity (Wildman–Crippen MR) is 136 cm³/mol. The fourth-order valence-corrected chi connectivity index (χ4v) is 3.79. The first-order valence-corrected chi connectivity index (χ1v) is 11.3. The van der Waals surface area contributed by atoms with E-state index in [4.69, 9.17) is 14.5 Å². The summed E-state index contributed by atoms with van der Waals surface area (Å²) < 4.78 is 10.4. The van der Waals surface area contributed by atoms with Crippen LogP contribution in [0, 0.1) is 0 Å². The lowest BCUT2D eigenvalue weighted by atomic mass is 10.0. The van der Waals surface area contributed by atoms with Crippen LogP contribution in [0.5, 0.6) is 11.5 Å². The fraction of sp³-hybridized carbons (Fsp3) is 0.179. The lowest BCUT2D eigenvalue weighted by Gasteiger charge is -2.12. The molecule has 1 aromatic heterocycles. The van der Waals surface area contributed by atoms with Crippen molar-refractivity contribution in [1.82, 2.24) is 15.6 Å². The Morgan fingerprint density at radius 3 is 2.20 bits per heavy atom. The minimum absolute atomic E-state index is 0.174. The van der Waals surface area contributed by atoms with Crippen LogP contribution in [-0.2, 0) is 0 Å². The third kappa shape index (κ3) is 5.58. The van der Waals surface area contributed by atoms with Gasteiger partial charge in [0.05, 0.1) is 31.0 Å². The van der Waals surface area contributed by atoms with Crippen molar-refractivity contribution in [2.24, 2.45) is 0 Å². The molecule has 2 N–H and O–H groups in total. The highest BCUT2D eigenvalue weighted by Gasteiger charge is 2.14. The molecule has 0 aliphatic carbocycles. The van der Waals surface area contributed by atoms with Crippen LogP contribution in [0.15, 0.2) is 78.9 Å². The van der Waals surface area contributed by atoms with E-state index in [1.54, 1.807) is 25.3 Å². The first-order valence-electron chi connectivity index (χ1n) is 11.3. The van der Waals surface area contributed by atoms with E-state index in [9.17, 15) is 9.59 Å². The van der Waals surface area contributed by atoms with Crippen molar-refractivity contribution in [1.29, 1.82) is 0 Å². The largest absolute Gasteiger partial charge is 0.493 e. The van der Waals surface area contributed by atoms with Crippen molar-refractivity contribution >= 4 is 22.7 Å². The van der Waals surface area contributed by atoms with Crippen LogP contribution in [0.4, 0.5) is 0 Å². The van der Waals surface area contributed by atoms with Crippen LogP contribution >= 0.6 is 0 Å². The van der Waals surface area contributed by atoms with Gasteiger partial charge in [-0.1, -0.05) is 48.5 Å². The molecule has 0 aliphatic rings. The molecule has 4 rings (SSSR count). The van der Waals surface area contributed by atoms with Gasteiger partial charge in [-0.05, 0) is 36.8 Å². The van der Waals surface area contributed by atoms with Gasteiger partial charge in [-0.15, -0.1) is 0 Å². The Balaban J connectivity index is 1.37. The molecule has 2 amide bonds. The molecule has 7 heteroatoms. The Hall–Kier alpha value is -4.39. The number of fused-ring (bicyclic) bond motifs is 1. The minimum Gasteiger partial charge on any atom is -0.493 e. The third-order valence-electron chi connectivity index (χ3n) is 5.60. The summed E-state index contributed by atoms with van der Waals surface area (Å²) in [5.74, 6) is 0.662. The summed E-state index contributed by atoms with van der Waals surface area (Å²) in [6, 6.07) is 24.2. The van der Waals surface area contributed by atoms with Gasteiger partial charge < -0.3 is 20.1 Å². The van der Waals surface area contributed by atoms with Gasteiger partial charge in [-0.25, -0.2) is 4.98 Å². The Morgan fingerprint density at radius 1 is 0.771 bits per heavy atom. The van der Waals surface area contributed by atoms with Crippen LogP contribution < -0.4 is 20.1 Å². The second-order valence-electron chi connectivity index (χ2n) is 7.87. The first-order chi connectivity index (χ1) is 17.1. The molecule has 35 heavy (non-hydrogen) atoms. The first kappa shape index (κ1) is 23.8. The zero-order valence-corrected chi connectivity index (χ0v) is 19.7. The van der Waals surface area contributed by atoms with Gasteiger partial charge >= 0.3 is 0 Å². The van der Waals surface area contributed by atoms with Crippen molar-refractivity contribution in [3.05, 3.63) is 90.0 Å². The van der Waals surface area contributed by atoms with Crippen molar-refractivity contribution < 1.29 is 19.1 Å². The molecule has 0 bridgehead atoms. The smallest absolute Gasteiger partial charge is 0.252 e. The van der Waals surface area contributed by atoms with Gasteiger partial charge in [0, 0.05) is 29.6 Å². The summed E-state index contributed by atoms with van der Waals surface area (Å²) >= 11 is 0. The maximum Gasteiger partial charge on any atom is 0.252 e. The lowest BCUT2D eigenvalue weighted by Crippen LogP contribution is -2.30. The average Bonchev–Trinajstić information content (AvgIpc) is 2.92. The van der Waals surface area contributed by atoms with Crippen molar-refractivity contribution in [2.75, 3.05) is 27.3 Å². The number of carbonyl (C=O) groups excluding carboxylic acids is 2. The van der Waals surface area contributed by atoms with E-state index in [1.807, 2.05) is 60.7 Å². The molecule has 3 aromatic carbocycles. The second-order valence-corrected chi connectivity index (χ2v) is 7.87. The van der Waals surface area contributed by atoms with Crippen LogP contribution in [-0.4, -0.2) is 44.1 Å². The highest BCUT2D eigenvalue weighted by Crippen LogP contribution is 2.27. The topological polar surface area (TPSA) is 89.6 Å². The van der Waals surface area contributed by atoms with Crippen LogP contribution in [0.1, 0.15) is 27.1 Å². The molecule has 0 radical (unpaired) electrons. The predicted octanol–water partition coefficient (Wildman–Crippen LogP) is 4.47. The number of hydrogen-bond acceptors (Lipinski definition) is 5. The van der Waals surface area contributed by atoms with E-state index >= 15 is 0 Å².